The number of fused-ring (bicyclic) bond motifs is 2. The molecule has 0 atom stereocenters. The zero-order chi connectivity index (χ0) is 17.6. The number of benzene rings is 1. The molecule has 0 bridgehead atoms. The van der Waals surface area contributed by atoms with E-state index in [0.29, 0.717) is 12.1 Å². The molecule has 0 unspecified atom stereocenters. The molecule has 6 nitrogen and oxygen atoms in total. The number of carbonyl (C=O) groups excluding carboxylic acids is 1. The molecule has 0 saturated heterocycles. The van der Waals surface area contributed by atoms with E-state index in [9.17, 15) is 4.79 Å². The SMILES string of the molecule is Cc1cc2ncc(C(=O)N(C)Cc3nc4ccccc4s3)c(C)n2n1. The molecular weight excluding hydrogens is 334 g/mol. The van der Waals surface area contributed by atoms with E-state index in [0.717, 1.165) is 32.3 Å². The van der Waals surface area contributed by atoms with Crippen LogP contribution in [0.1, 0.15) is 26.8 Å². The number of aryl methyl sites for hydroxylation is 2. The molecule has 126 valence electrons. The fourth-order valence-electron chi connectivity index (χ4n) is 2.84. The highest BCUT2D eigenvalue weighted by Gasteiger charge is 2.19. The lowest BCUT2D eigenvalue weighted by Gasteiger charge is -2.17. The Kier molecular flexibility index (Phi) is 3.73. The summed E-state index contributed by atoms with van der Waals surface area (Å²) in [6, 6.07) is 9.89. The number of nitrogens with zero attached hydrogens (tertiary/aromatic N) is 5. The third kappa shape index (κ3) is 2.76. The lowest BCUT2D eigenvalue weighted by Crippen LogP contribution is -2.27. The molecular formula is C18H17N5OS. The van der Waals surface area contributed by atoms with Gasteiger partial charge in [-0.2, -0.15) is 5.10 Å². The lowest BCUT2D eigenvalue weighted by atomic mass is 10.2. The number of amides is 1. The van der Waals surface area contributed by atoms with Gasteiger partial charge < -0.3 is 4.90 Å². The Hall–Kier alpha value is -2.80. The van der Waals surface area contributed by atoms with Crippen LogP contribution < -0.4 is 0 Å². The first-order valence-corrected chi connectivity index (χ1v) is 8.76. The van der Waals surface area contributed by atoms with Gasteiger partial charge in [0.2, 0.25) is 0 Å². The molecule has 1 amide bonds. The third-order valence-electron chi connectivity index (χ3n) is 4.13. The van der Waals surface area contributed by atoms with Gasteiger partial charge in [0.1, 0.15) is 5.01 Å². The van der Waals surface area contributed by atoms with Crippen molar-refractivity contribution < 1.29 is 4.79 Å². The van der Waals surface area contributed by atoms with Crippen molar-refractivity contribution in [3.05, 3.63) is 58.5 Å². The first-order valence-electron chi connectivity index (χ1n) is 7.95. The third-order valence-corrected chi connectivity index (χ3v) is 5.16. The van der Waals surface area contributed by atoms with Crippen molar-refractivity contribution >= 4 is 33.1 Å². The molecule has 0 saturated carbocycles. The zero-order valence-electron chi connectivity index (χ0n) is 14.2. The van der Waals surface area contributed by atoms with Gasteiger partial charge >= 0.3 is 0 Å². The summed E-state index contributed by atoms with van der Waals surface area (Å²) in [4.78, 5) is 23.5. The molecule has 3 heterocycles. The van der Waals surface area contributed by atoms with Crippen LogP contribution in [0.3, 0.4) is 0 Å². The normalized spacial score (nSPS) is 11.3. The molecule has 1 aromatic carbocycles. The quantitative estimate of drug-likeness (QED) is 0.568. The van der Waals surface area contributed by atoms with Crippen LogP contribution in [0.25, 0.3) is 15.9 Å². The summed E-state index contributed by atoms with van der Waals surface area (Å²) in [7, 11) is 1.78. The molecule has 0 aliphatic heterocycles. The van der Waals surface area contributed by atoms with Crippen LogP contribution in [0.2, 0.25) is 0 Å². The summed E-state index contributed by atoms with van der Waals surface area (Å²) >= 11 is 1.61. The Bertz CT molecular complexity index is 1060. The lowest BCUT2D eigenvalue weighted by molar-refractivity contribution is 0.0783. The van der Waals surface area contributed by atoms with Crippen molar-refractivity contribution in [3.63, 3.8) is 0 Å². The summed E-state index contributed by atoms with van der Waals surface area (Å²) in [5, 5.41) is 5.32. The second-order valence-corrected chi connectivity index (χ2v) is 7.16. The highest BCUT2D eigenvalue weighted by atomic mass is 32.1. The molecule has 0 radical (unpaired) electrons. The predicted molar refractivity (Wildman–Crippen MR) is 97.9 cm³/mol. The second-order valence-electron chi connectivity index (χ2n) is 6.05. The first kappa shape index (κ1) is 15.7. The highest BCUT2D eigenvalue weighted by Crippen LogP contribution is 2.23. The summed E-state index contributed by atoms with van der Waals surface area (Å²) in [5.41, 5.74) is 3.94. The Morgan fingerprint density at radius 3 is 2.88 bits per heavy atom. The van der Waals surface area contributed by atoms with Crippen molar-refractivity contribution in [1.29, 1.82) is 0 Å². The Balaban J connectivity index is 1.62. The van der Waals surface area contributed by atoms with Crippen molar-refractivity contribution in [3.8, 4) is 0 Å². The van der Waals surface area contributed by atoms with E-state index in [-0.39, 0.29) is 5.91 Å². The number of rotatable bonds is 3. The maximum absolute atomic E-state index is 12.9. The number of thiazole rings is 1. The number of aromatic nitrogens is 4. The maximum atomic E-state index is 12.9. The zero-order valence-corrected chi connectivity index (χ0v) is 15.0. The molecule has 4 aromatic rings. The van der Waals surface area contributed by atoms with Gasteiger partial charge in [-0.1, -0.05) is 12.1 Å². The van der Waals surface area contributed by atoms with Gasteiger partial charge in [-0.15, -0.1) is 11.3 Å². The van der Waals surface area contributed by atoms with Gasteiger partial charge in [0.05, 0.1) is 33.7 Å². The molecule has 0 aliphatic rings. The average molecular weight is 351 g/mol. The predicted octanol–water partition coefficient (Wildman–Crippen LogP) is 3.23. The Morgan fingerprint density at radius 2 is 2.08 bits per heavy atom. The molecule has 7 heteroatoms. The van der Waals surface area contributed by atoms with Crippen LogP contribution in [0.5, 0.6) is 0 Å². The van der Waals surface area contributed by atoms with Crippen LogP contribution in [0, 0.1) is 13.8 Å². The van der Waals surface area contributed by atoms with Crippen LogP contribution in [-0.2, 0) is 6.54 Å². The minimum atomic E-state index is -0.0840. The van der Waals surface area contributed by atoms with E-state index in [1.807, 2.05) is 44.2 Å². The van der Waals surface area contributed by atoms with E-state index in [1.54, 1.807) is 34.0 Å². The molecule has 0 N–H and O–H groups in total. The van der Waals surface area contributed by atoms with Crippen molar-refractivity contribution in [2.45, 2.75) is 20.4 Å². The van der Waals surface area contributed by atoms with Gasteiger partial charge in [0, 0.05) is 19.3 Å². The molecule has 25 heavy (non-hydrogen) atoms. The smallest absolute Gasteiger partial charge is 0.257 e. The van der Waals surface area contributed by atoms with Gasteiger partial charge in [0.25, 0.3) is 5.91 Å². The van der Waals surface area contributed by atoms with Gasteiger partial charge in [-0.05, 0) is 26.0 Å². The standard InChI is InChI=1S/C18H17N5OS/c1-11-8-16-19-9-13(12(2)23(16)21-11)18(24)22(3)10-17-20-14-6-4-5-7-15(14)25-17/h4-9H,10H2,1-3H3. The molecule has 0 fully saturated rings. The minimum Gasteiger partial charge on any atom is -0.335 e. The summed E-state index contributed by atoms with van der Waals surface area (Å²) in [6.07, 6.45) is 1.63. The van der Waals surface area contributed by atoms with Crippen molar-refractivity contribution in [2.24, 2.45) is 0 Å². The van der Waals surface area contributed by atoms with Crippen molar-refractivity contribution in [1.82, 2.24) is 24.5 Å². The van der Waals surface area contributed by atoms with Crippen LogP contribution >= 0.6 is 11.3 Å². The topological polar surface area (TPSA) is 63.4 Å². The fourth-order valence-corrected chi connectivity index (χ4v) is 3.86. The molecule has 3 aromatic heterocycles. The summed E-state index contributed by atoms with van der Waals surface area (Å²) < 4.78 is 2.85. The van der Waals surface area contributed by atoms with E-state index in [2.05, 4.69) is 15.1 Å². The summed E-state index contributed by atoms with van der Waals surface area (Å²) in [5.74, 6) is -0.0840. The van der Waals surface area contributed by atoms with Gasteiger partial charge in [-0.3, -0.25) is 4.79 Å². The molecule has 0 spiro atoms. The molecule has 4 rings (SSSR count). The van der Waals surface area contributed by atoms with E-state index < -0.39 is 0 Å². The second kappa shape index (κ2) is 5.93. The van der Waals surface area contributed by atoms with E-state index >= 15 is 0 Å². The minimum absolute atomic E-state index is 0.0840. The monoisotopic (exact) mass is 351 g/mol. The fraction of sp³-hybridized carbons (Fsp3) is 0.222. The van der Waals surface area contributed by atoms with Crippen LogP contribution in [0.15, 0.2) is 36.5 Å². The van der Waals surface area contributed by atoms with Crippen LogP contribution in [-0.4, -0.2) is 37.4 Å². The van der Waals surface area contributed by atoms with Crippen molar-refractivity contribution in [2.75, 3.05) is 7.05 Å². The molecule has 0 aliphatic carbocycles. The highest BCUT2D eigenvalue weighted by molar-refractivity contribution is 7.18. The van der Waals surface area contributed by atoms with Crippen LogP contribution in [0.4, 0.5) is 0 Å². The number of hydrogen-bond donors (Lipinski definition) is 0. The number of para-hydroxylation sites is 1. The number of hydrogen-bond acceptors (Lipinski definition) is 5. The van der Waals surface area contributed by atoms with Gasteiger partial charge in [0.15, 0.2) is 5.65 Å². The summed E-state index contributed by atoms with van der Waals surface area (Å²) in [6.45, 7) is 4.27. The average Bonchev–Trinajstić information content (AvgIpc) is 3.17. The number of carbonyl (C=O) groups is 1. The largest absolute Gasteiger partial charge is 0.335 e. The maximum Gasteiger partial charge on any atom is 0.257 e. The Labute approximate surface area is 148 Å². The Morgan fingerprint density at radius 1 is 1.28 bits per heavy atom. The van der Waals surface area contributed by atoms with Gasteiger partial charge in [-0.25, -0.2) is 14.5 Å². The first-order chi connectivity index (χ1) is 12.0. The van der Waals surface area contributed by atoms with E-state index in [1.165, 1.54) is 0 Å². The van der Waals surface area contributed by atoms with E-state index in [4.69, 9.17) is 0 Å².